The van der Waals surface area contributed by atoms with Crippen LogP contribution in [0, 0.1) is 12.3 Å². The SMILES string of the molecule is C#CC(c1ccc(C(=O)N2CC(N3CCN(C(=O)c4nccs4)CC3)C2)cc1)c1ccc(C(F)(F)F)cc1. The molecule has 0 radical (unpaired) electrons. The first kappa shape index (κ1) is 25.9. The molecule has 6 nitrogen and oxygen atoms in total. The second kappa shape index (κ2) is 10.6. The molecule has 10 heteroatoms. The van der Waals surface area contributed by atoms with Crippen molar-refractivity contribution in [1.29, 1.82) is 0 Å². The second-order valence-corrected chi connectivity index (χ2v) is 10.3. The van der Waals surface area contributed by atoms with Gasteiger partial charge in [-0.1, -0.05) is 30.2 Å². The lowest BCUT2D eigenvalue weighted by atomic mass is 9.90. The van der Waals surface area contributed by atoms with Crippen molar-refractivity contribution in [3.63, 3.8) is 0 Å². The van der Waals surface area contributed by atoms with Gasteiger partial charge in [-0.25, -0.2) is 4.98 Å². The van der Waals surface area contributed by atoms with Crippen molar-refractivity contribution in [2.45, 2.75) is 18.1 Å². The number of rotatable bonds is 5. The fraction of sp³-hybridized carbons (Fsp3) is 0.321. The Morgan fingerprint density at radius 2 is 1.53 bits per heavy atom. The van der Waals surface area contributed by atoms with E-state index in [0.717, 1.165) is 30.8 Å². The molecule has 0 aliphatic carbocycles. The molecule has 2 aliphatic rings. The lowest BCUT2D eigenvalue weighted by Crippen LogP contribution is -2.64. The predicted octanol–water partition coefficient (Wildman–Crippen LogP) is 4.21. The molecule has 5 rings (SSSR count). The highest BCUT2D eigenvalue weighted by Crippen LogP contribution is 2.32. The van der Waals surface area contributed by atoms with Crippen LogP contribution in [-0.4, -0.2) is 76.8 Å². The molecule has 2 aliphatic heterocycles. The smallest absolute Gasteiger partial charge is 0.335 e. The summed E-state index contributed by atoms with van der Waals surface area (Å²) in [5.41, 5.74) is 1.13. The summed E-state index contributed by atoms with van der Waals surface area (Å²) in [6, 6.07) is 12.0. The molecule has 3 aromatic rings. The van der Waals surface area contributed by atoms with Crippen LogP contribution < -0.4 is 0 Å². The number of benzene rings is 2. The lowest BCUT2D eigenvalue weighted by molar-refractivity contribution is -0.137. The zero-order valence-electron chi connectivity index (χ0n) is 20.4. The average molecular weight is 539 g/mol. The lowest BCUT2D eigenvalue weighted by Gasteiger charge is -2.48. The Morgan fingerprint density at radius 3 is 2.05 bits per heavy atom. The Kier molecular flexibility index (Phi) is 7.23. The summed E-state index contributed by atoms with van der Waals surface area (Å²) in [6.07, 6.45) is 2.92. The molecule has 0 N–H and O–H groups in total. The molecule has 2 fully saturated rings. The molecular weight excluding hydrogens is 513 g/mol. The van der Waals surface area contributed by atoms with Crippen molar-refractivity contribution in [1.82, 2.24) is 19.7 Å². The maximum absolute atomic E-state index is 13.0. The van der Waals surface area contributed by atoms with Crippen LogP contribution in [0.3, 0.4) is 0 Å². The molecule has 0 spiro atoms. The van der Waals surface area contributed by atoms with E-state index < -0.39 is 17.7 Å². The number of alkyl halides is 3. The van der Waals surface area contributed by atoms with Crippen molar-refractivity contribution in [2.24, 2.45) is 0 Å². The van der Waals surface area contributed by atoms with E-state index in [9.17, 15) is 22.8 Å². The molecular formula is C28H25F3N4O2S. The van der Waals surface area contributed by atoms with Gasteiger partial charge in [0.1, 0.15) is 0 Å². The third-order valence-electron chi connectivity index (χ3n) is 7.11. The van der Waals surface area contributed by atoms with Crippen LogP contribution in [0.5, 0.6) is 0 Å². The van der Waals surface area contributed by atoms with Crippen molar-refractivity contribution in [2.75, 3.05) is 39.3 Å². The maximum atomic E-state index is 13.0. The van der Waals surface area contributed by atoms with E-state index in [1.54, 1.807) is 40.7 Å². The van der Waals surface area contributed by atoms with E-state index in [-0.39, 0.29) is 17.9 Å². The van der Waals surface area contributed by atoms with Crippen LogP contribution in [0.2, 0.25) is 0 Å². The van der Waals surface area contributed by atoms with Crippen LogP contribution in [0.4, 0.5) is 13.2 Å². The standard InChI is InChI=1S/C28H25F3N4O2S/c1-2-24(20-7-9-22(10-8-20)28(29,30)31)19-3-5-21(6-4-19)26(36)35-17-23(18-35)33-12-14-34(15-13-33)27(37)25-32-11-16-38-25/h1,3-11,16,23-24H,12-15,17-18H2. The summed E-state index contributed by atoms with van der Waals surface area (Å²) in [7, 11) is 0. The van der Waals surface area contributed by atoms with Gasteiger partial charge in [0.2, 0.25) is 0 Å². The number of piperazine rings is 1. The minimum atomic E-state index is -4.41. The fourth-order valence-electron chi connectivity index (χ4n) is 4.86. The largest absolute Gasteiger partial charge is 0.416 e. The average Bonchev–Trinajstić information content (AvgIpc) is 3.44. The van der Waals surface area contributed by atoms with Gasteiger partial charge in [0.05, 0.1) is 11.5 Å². The first-order valence-electron chi connectivity index (χ1n) is 12.2. The minimum Gasteiger partial charge on any atom is -0.335 e. The van der Waals surface area contributed by atoms with Gasteiger partial charge >= 0.3 is 6.18 Å². The normalized spacial score (nSPS) is 17.5. The van der Waals surface area contributed by atoms with E-state index >= 15 is 0 Å². The highest BCUT2D eigenvalue weighted by Gasteiger charge is 2.37. The number of amides is 2. The van der Waals surface area contributed by atoms with Gasteiger partial charge < -0.3 is 9.80 Å². The van der Waals surface area contributed by atoms with Crippen LogP contribution in [0.25, 0.3) is 0 Å². The minimum absolute atomic E-state index is 0.0288. The van der Waals surface area contributed by atoms with Gasteiger partial charge in [-0.2, -0.15) is 13.2 Å². The fourth-order valence-corrected chi connectivity index (χ4v) is 5.46. The Morgan fingerprint density at radius 1 is 0.921 bits per heavy atom. The van der Waals surface area contributed by atoms with E-state index in [1.807, 2.05) is 4.90 Å². The Hall–Kier alpha value is -3.68. The van der Waals surface area contributed by atoms with Crippen LogP contribution in [-0.2, 0) is 6.18 Å². The third kappa shape index (κ3) is 5.30. The summed E-state index contributed by atoms with van der Waals surface area (Å²) in [4.78, 5) is 35.5. The molecule has 1 unspecified atom stereocenters. The number of halogens is 3. The predicted molar refractivity (Wildman–Crippen MR) is 138 cm³/mol. The topological polar surface area (TPSA) is 56.8 Å². The quantitative estimate of drug-likeness (QED) is 0.457. The van der Waals surface area contributed by atoms with Gasteiger partial charge in [-0.05, 0) is 35.4 Å². The van der Waals surface area contributed by atoms with Crippen molar-refractivity contribution in [3.05, 3.63) is 87.4 Å². The number of carbonyl (C=O) groups is 2. The molecule has 1 atom stereocenters. The first-order valence-corrected chi connectivity index (χ1v) is 13.1. The summed E-state index contributed by atoms with van der Waals surface area (Å²) < 4.78 is 38.6. The number of nitrogens with zero attached hydrogens (tertiary/aromatic N) is 4. The summed E-state index contributed by atoms with van der Waals surface area (Å²) in [5.74, 6) is 2.02. The van der Waals surface area contributed by atoms with Crippen molar-refractivity contribution in [3.8, 4) is 12.3 Å². The van der Waals surface area contributed by atoms with E-state index in [1.165, 1.54) is 23.5 Å². The number of terminal acetylenes is 1. The molecule has 38 heavy (non-hydrogen) atoms. The Balaban J connectivity index is 1.14. The highest BCUT2D eigenvalue weighted by molar-refractivity contribution is 7.11. The van der Waals surface area contributed by atoms with Gasteiger partial charge in [0.25, 0.3) is 11.8 Å². The molecule has 0 saturated carbocycles. The van der Waals surface area contributed by atoms with Gasteiger partial charge in [-0.15, -0.1) is 17.8 Å². The van der Waals surface area contributed by atoms with Gasteiger partial charge in [0.15, 0.2) is 5.01 Å². The zero-order chi connectivity index (χ0) is 26.9. The number of thiazole rings is 1. The first-order chi connectivity index (χ1) is 18.2. The molecule has 2 saturated heterocycles. The van der Waals surface area contributed by atoms with Gasteiger partial charge in [-0.3, -0.25) is 14.5 Å². The number of carbonyl (C=O) groups excluding carboxylic acids is 2. The monoisotopic (exact) mass is 538 g/mol. The maximum Gasteiger partial charge on any atom is 0.416 e. The molecule has 2 aromatic carbocycles. The van der Waals surface area contributed by atoms with E-state index in [2.05, 4.69) is 15.8 Å². The van der Waals surface area contributed by atoms with Crippen LogP contribution in [0.15, 0.2) is 60.1 Å². The molecule has 3 heterocycles. The summed E-state index contributed by atoms with van der Waals surface area (Å²) in [5, 5.41) is 2.31. The Labute approximate surface area is 222 Å². The van der Waals surface area contributed by atoms with Crippen molar-refractivity contribution >= 4 is 23.2 Å². The van der Waals surface area contributed by atoms with Gasteiger partial charge in [0, 0.05) is 62.5 Å². The molecule has 196 valence electrons. The third-order valence-corrected chi connectivity index (χ3v) is 7.87. The summed E-state index contributed by atoms with van der Waals surface area (Å²) >= 11 is 1.35. The number of likely N-dealkylation sites (tertiary alicyclic amines) is 1. The van der Waals surface area contributed by atoms with Crippen LogP contribution in [0.1, 0.15) is 42.8 Å². The van der Waals surface area contributed by atoms with E-state index in [0.29, 0.717) is 42.3 Å². The van der Waals surface area contributed by atoms with E-state index in [4.69, 9.17) is 6.42 Å². The number of aromatic nitrogens is 1. The highest BCUT2D eigenvalue weighted by atomic mass is 32.1. The number of hydrogen-bond acceptors (Lipinski definition) is 5. The summed E-state index contributed by atoms with van der Waals surface area (Å²) in [6.45, 7) is 4.05. The zero-order valence-corrected chi connectivity index (χ0v) is 21.2. The second-order valence-electron chi connectivity index (χ2n) is 9.37. The van der Waals surface area contributed by atoms with Crippen molar-refractivity contribution < 1.29 is 22.8 Å². The van der Waals surface area contributed by atoms with Crippen LogP contribution >= 0.6 is 11.3 Å². The number of hydrogen-bond donors (Lipinski definition) is 0. The molecule has 1 aromatic heterocycles. The molecule has 2 amide bonds. The Bertz CT molecular complexity index is 1320. The molecule has 0 bridgehead atoms.